The zero-order valence-corrected chi connectivity index (χ0v) is 40.6. The van der Waals surface area contributed by atoms with E-state index >= 15 is 0 Å². The van der Waals surface area contributed by atoms with Crippen molar-refractivity contribution in [2.75, 3.05) is 97.2 Å². The fraction of sp³-hybridized carbons (Fsp3) is 0.468. The summed E-state index contributed by atoms with van der Waals surface area (Å²) in [6.07, 6.45) is 2.07. The van der Waals surface area contributed by atoms with Crippen LogP contribution >= 0.6 is 23.4 Å². The fourth-order valence-electron chi connectivity index (χ4n) is 8.07. The van der Waals surface area contributed by atoms with Gasteiger partial charge in [0.25, 0.3) is 11.8 Å². The number of piperidine rings is 1. The second-order valence-corrected chi connectivity index (χ2v) is 17.6. The Hall–Kier alpha value is -5.81. The van der Waals surface area contributed by atoms with Crippen LogP contribution in [0.2, 0.25) is 5.02 Å². The van der Waals surface area contributed by atoms with Gasteiger partial charge < -0.3 is 29.2 Å². The summed E-state index contributed by atoms with van der Waals surface area (Å²) in [5.41, 5.74) is 6.47. The molecule has 0 bridgehead atoms. The third-order valence-electron chi connectivity index (χ3n) is 11.5. The van der Waals surface area contributed by atoms with Crippen LogP contribution in [0, 0.1) is 10.8 Å². The van der Waals surface area contributed by atoms with Crippen LogP contribution in [0.3, 0.4) is 0 Å². The Morgan fingerprint density at radius 3 is 2.14 bits per heavy atom. The number of fused-ring (bicyclic) bond motifs is 1. The number of thioether (sulfide) groups is 1. The maximum absolute atomic E-state index is 13.7. The molecule has 6 rings (SSSR count). The summed E-state index contributed by atoms with van der Waals surface area (Å²) in [6, 6.07) is 10.2. The molecule has 22 heteroatoms. The second-order valence-electron chi connectivity index (χ2n) is 16.4. The van der Waals surface area contributed by atoms with Crippen LogP contribution in [0.4, 0.5) is 5.69 Å². The molecule has 2 aromatic rings. The zero-order valence-electron chi connectivity index (χ0n) is 39.0. The average molecular weight is 992 g/mol. The maximum Gasteiger partial charge on any atom is 0.264 e. The van der Waals surface area contributed by atoms with E-state index in [4.69, 9.17) is 46.4 Å². The number of imide groups is 2. The highest BCUT2D eigenvalue weighted by atomic mass is 35.5. The smallest absolute Gasteiger partial charge is 0.264 e. The third kappa shape index (κ3) is 13.5. The fourth-order valence-corrected chi connectivity index (χ4v) is 9.09. The number of piperazine rings is 1. The van der Waals surface area contributed by atoms with Crippen LogP contribution in [-0.2, 0) is 38.1 Å². The van der Waals surface area contributed by atoms with Crippen molar-refractivity contribution in [1.82, 2.24) is 30.5 Å². The lowest BCUT2D eigenvalue weighted by Gasteiger charge is -2.35. The Balaban J connectivity index is 0.804. The standard InChI is InChI=1S/C47H59ClN10O10S/c1-29(2)40-42(31-8-10-32(48)11-9-31)52-35(43(50)57(30(3)49)47(40)69-4)28-39(61)55-16-18-56(19-17-55)54-38(60)14-20-65-22-24-67-26-27-68-25-23-66-21-15-51-34-7-5-6-33-41(34)46(64)58(45(33)63)36-12-13-37(59)53-44(36)62/h5-11,35-36,49-51H,1,12-28H2,2-4H3,(H,54,60)(H,53,59,62)/t35-,36?/m0/s1. The van der Waals surface area contributed by atoms with Crippen molar-refractivity contribution in [3.05, 3.63) is 86.9 Å². The van der Waals surface area contributed by atoms with E-state index in [1.54, 1.807) is 41.1 Å². The van der Waals surface area contributed by atoms with Crippen molar-refractivity contribution in [1.29, 1.82) is 10.8 Å². The number of halogens is 1. The summed E-state index contributed by atoms with van der Waals surface area (Å²) in [6.45, 7) is 12.1. The molecule has 0 saturated carbocycles. The summed E-state index contributed by atoms with van der Waals surface area (Å²) >= 11 is 7.59. The molecule has 2 fully saturated rings. The lowest BCUT2D eigenvalue weighted by molar-refractivity contribution is -0.137. The lowest BCUT2D eigenvalue weighted by Crippen LogP contribution is -2.55. The van der Waals surface area contributed by atoms with Crippen LogP contribution in [0.15, 0.2) is 70.2 Å². The number of benzene rings is 2. The number of nitrogens with zero attached hydrogens (tertiary/aromatic N) is 5. The molecule has 4 aliphatic heterocycles. The summed E-state index contributed by atoms with van der Waals surface area (Å²) in [4.78, 5) is 85.7. The normalized spacial score (nSPS) is 18.8. The quantitative estimate of drug-likeness (QED) is 0.0463. The number of allylic oxidation sites excluding steroid dienone is 2. The number of rotatable bonds is 23. The van der Waals surface area contributed by atoms with Crippen LogP contribution in [0.5, 0.6) is 0 Å². The van der Waals surface area contributed by atoms with Crippen LogP contribution in [0.1, 0.15) is 65.8 Å². The third-order valence-corrected chi connectivity index (χ3v) is 12.5. The Bertz CT molecular complexity index is 2370. The number of ether oxygens (including phenoxy) is 4. The van der Waals surface area contributed by atoms with E-state index in [1.807, 2.05) is 25.3 Å². The SMILES string of the molecule is C=C(C)C1=C(SC)N(C(C)=N)C(=N)[C@H](CC(=O)N2CCN(NC(=O)CCOCCOCCOCCOCCNc3cccc4c3C(=O)N(C3CCC(=O)NC3=O)C4=O)CC2)N=C1c1ccc(Cl)cc1. The molecule has 2 aromatic carbocycles. The van der Waals surface area contributed by atoms with E-state index in [-0.39, 0.29) is 66.9 Å². The van der Waals surface area contributed by atoms with E-state index in [2.05, 4.69) is 22.6 Å². The lowest BCUT2D eigenvalue weighted by atomic mass is 9.98. The molecule has 2 saturated heterocycles. The van der Waals surface area contributed by atoms with Gasteiger partial charge in [-0.15, -0.1) is 11.8 Å². The Morgan fingerprint density at radius 1 is 0.899 bits per heavy atom. The van der Waals surface area contributed by atoms with Gasteiger partial charge in [-0.25, -0.2) is 5.01 Å². The molecule has 6 amide bonds. The van der Waals surface area contributed by atoms with Gasteiger partial charge in [-0.3, -0.25) is 65.1 Å². The molecule has 4 aliphatic rings. The highest BCUT2D eigenvalue weighted by Gasteiger charge is 2.45. The predicted octanol–water partition coefficient (Wildman–Crippen LogP) is 3.47. The minimum Gasteiger partial charge on any atom is -0.382 e. The van der Waals surface area contributed by atoms with Gasteiger partial charge in [0, 0.05) is 61.0 Å². The van der Waals surface area contributed by atoms with Crippen molar-refractivity contribution in [2.24, 2.45) is 4.99 Å². The number of hydrogen-bond acceptors (Lipinski definition) is 16. The summed E-state index contributed by atoms with van der Waals surface area (Å²) < 4.78 is 22.3. The van der Waals surface area contributed by atoms with E-state index in [1.165, 1.54) is 22.7 Å². The Morgan fingerprint density at radius 2 is 1.54 bits per heavy atom. The number of anilines is 1. The number of amidine groups is 2. The van der Waals surface area contributed by atoms with Crippen molar-refractivity contribution in [3.63, 3.8) is 0 Å². The number of aliphatic imine (C=N–C) groups is 1. The molecule has 1 unspecified atom stereocenters. The summed E-state index contributed by atoms with van der Waals surface area (Å²) in [7, 11) is 0. The predicted molar refractivity (Wildman–Crippen MR) is 261 cm³/mol. The van der Waals surface area contributed by atoms with Crippen molar-refractivity contribution >= 4 is 81.9 Å². The minimum absolute atomic E-state index is 0.0265. The number of carbonyl (C=O) groups excluding carboxylic acids is 6. The Labute approximate surface area is 410 Å². The highest BCUT2D eigenvalue weighted by Crippen LogP contribution is 2.35. The van der Waals surface area contributed by atoms with Crippen LogP contribution in [-0.4, -0.2) is 176 Å². The van der Waals surface area contributed by atoms with Crippen molar-refractivity contribution in [3.8, 4) is 0 Å². The number of hydrazine groups is 1. The first-order valence-electron chi connectivity index (χ1n) is 22.6. The van der Waals surface area contributed by atoms with E-state index in [9.17, 15) is 28.8 Å². The zero-order chi connectivity index (χ0) is 49.6. The average Bonchev–Trinajstić information content (AvgIpc) is 3.49. The molecule has 20 nitrogen and oxygen atoms in total. The van der Waals surface area contributed by atoms with E-state index in [0.29, 0.717) is 112 Å². The topological polar surface area (TPSA) is 248 Å². The molecular formula is C47H59ClN10O10S. The van der Waals surface area contributed by atoms with Gasteiger partial charge >= 0.3 is 0 Å². The van der Waals surface area contributed by atoms with Crippen molar-refractivity contribution in [2.45, 2.75) is 51.6 Å². The van der Waals surface area contributed by atoms with Gasteiger partial charge in [0.2, 0.25) is 23.6 Å². The van der Waals surface area contributed by atoms with Gasteiger partial charge in [-0.05, 0) is 56.4 Å². The molecule has 0 radical (unpaired) electrons. The van der Waals surface area contributed by atoms with E-state index in [0.717, 1.165) is 10.5 Å². The molecule has 5 N–H and O–H groups in total. The van der Waals surface area contributed by atoms with Gasteiger partial charge in [-0.1, -0.05) is 36.4 Å². The van der Waals surface area contributed by atoms with Crippen LogP contribution in [0.25, 0.3) is 0 Å². The number of amides is 6. The van der Waals surface area contributed by atoms with Crippen molar-refractivity contribution < 1.29 is 47.7 Å². The van der Waals surface area contributed by atoms with Crippen LogP contribution < -0.4 is 16.1 Å². The minimum atomic E-state index is -1.03. The van der Waals surface area contributed by atoms with Gasteiger partial charge in [0.05, 0.1) is 87.6 Å². The molecular weight excluding hydrogens is 932 g/mol. The second kappa shape index (κ2) is 25.2. The first kappa shape index (κ1) is 52.6. The first-order chi connectivity index (χ1) is 33.2. The summed E-state index contributed by atoms with van der Waals surface area (Å²) in [5.74, 6) is -2.48. The number of hydrogen-bond donors (Lipinski definition) is 5. The largest absolute Gasteiger partial charge is 0.382 e. The number of carbonyl (C=O) groups is 6. The highest BCUT2D eigenvalue weighted by molar-refractivity contribution is 8.02. The monoisotopic (exact) mass is 990 g/mol. The maximum atomic E-state index is 13.7. The first-order valence-corrected chi connectivity index (χ1v) is 24.2. The van der Waals surface area contributed by atoms with Gasteiger partial charge in [0.15, 0.2) is 0 Å². The molecule has 370 valence electrons. The Kier molecular flexibility index (Phi) is 19.2. The molecule has 0 spiro atoms. The van der Waals surface area contributed by atoms with Gasteiger partial charge in [-0.2, -0.15) is 0 Å². The molecule has 0 aromatic heterocycles. The molecule has 69 heavy (non-hydrogen) atoms. The summed E-state index contributed by atoms with van der Waals surface area (Å²) in [5, 5.41) is 26.0. The number of nitrogens with one attached hydrogen (secondary N) is 5. The molecule has 4 heterocycles. The van der Waals surface area contributed by atoms with Gasteiger partial charge in [0.1, 0.15) is 23.8 Å². The molecule has 2 atom stereocenters. The van der Waals surface area contributed by atoms with E-state index < -0.39 is 35.7 Å². The molecule has 0 aliphatic carbocycles.